The Hall–Kier alpha value is -3.39. The van der Waals surface area contributed by atoms with Crippen LogP contribution in [0.2, 0.25) is 0 Å². The van der Waals surface area contributed by atoms with E-state index in [-0.39, 0.29) is 43.9 Å². The summed E-state index contributed by atoms with van der Waals surface area (Å²) in [5.74, 6) is -1.94. The Morgan fingerprint density at radius 1 is 1.03 bits per heavy atom. The first kappa shape index (κ1) is 23.4. The third-order valence-electron chi connectivity index (χ3n) is 7.69. The van der Waals surface area contributed by atoms with Gasteiger partial charge in [0, 0.05) is 25.4 Å². The molecule has 184 valence electrons. The molecule has 1 aliphatic heterocycles. The van der Waals surface area contributed by atoms with Crippen molar-refractivity contribution >= 4 is 18.0 Å². The van der Waals surface area contributed by atoms with E-state index < -0.39 is 30.1 Å². The molecule has 1 saturated heterocycles. The molecule has 2 aliphatic carbocycles. The number of nitrogens with one attached hydrogen (secondary N) is 1. The van der Waals surface area contributed by atoms with Crippen LogP contribution in [0.1, 0.15) is 42.7 Å². The number of hydrogen-bond acceptors (Lipinski definition) is 5. The zero-order chi connectivity index (χ0) is 24.5. The molecule has 1 heterocycles. The zero-order valence-electron chi connectivity index (χ0n) is 19.4. The number of likely N-dealkylation sites (tertiary alicyclic amines) is 1. The Bertz CT molecular complexity index is 1080. The Morgan fingerprint density at radius 3 is 2.23 bits per heavy atom. The average molecular weight is 479 g/mol. The van der Waals surface area contributed by atoms with Gasteiger partial charge in [0.15, 0.2) is 0 Å². The van der Waals surface area contributed by atoms with Crippen molar-refractivity contribution in [1.29, 1.82) is 0 Å². The number of benzene rings is 2. The predicted octanol–water partition coefficient (Wildman–Crippen LogP) is 2.99. The van der Waals surface area contributed by atoms with Crippen LogP contribution in [0.25, 0.3) is 11.1 Å². The Kier molecular flexibility index (Phi) is 6.47. The minimum absolute atomic E-state index is 0.00393. The second kappa shape index (κ2) is 9.70. The van der Waals surface area contributed by atoms with Crippen molar-refractivity contribution in [1.82, 2.24) is 10.2 Å². The largest absolute Gasteiger partial charge is 0.480 e. The standard InChI is InChI=1S/C27H30N2O6/c30-17-12-24(26(32)33)29(14-17)25(31)22(16-6-5-7-16)13-28-27(34)35-15-23-20-10-3-1-8-18(20)19-9-2-4-11-21(19)23/h1-4,8-11,16-17,22-24,30H,5-7,12-15H2,(H,28,34)(H,32,33). The topological polar surface area (TPSA) is 116 Å². The van der Waals surface area contributed by atoms with Crippen LogP contribution in [0, 0.1) is 11.8 Å². The number of aliphatic hydroxyl groups is 1. The van der Waals surface area contributed by atoms with Crippen molar-refractivity contribution in [2.45, 2.75) is 43.7 Å². The third kappa shape index (κ3) is 4.50. The van der Waals surface area contributed by atoms with Gasteiger partial charge in [0.25, 0.3) is 0 Å². The molecule has 2 fully saturated rings. The van der Waals surface area contributed by atoms with E-state index in [0.29, 0.717) is 0 Å². The Labute approximate surface area is 203 Å². The number of hydrogen-bond donors (Lipinski definition) is 3. The SMILES string of the molecule is O=C(NCC(C(=O)N1CC(O)CC1C(=O)O)C1CCC1)OCC1c2ccccc2-c2ccccc21. The number of aliphatic hydroxyl groups excluding tert-OH is 1. The van der Waals surface area contributed by atoms with Crippen LogP contribution in [-0.4, -0.2) is 64.9 Å². The lowest BCUT2D eigenvalue weighted by molar-refractivity contribution is -0.151. The summed E-state index contributed by atoms with van der Waals surface area (Å²) in [6.45, 7) is 0.268. The van der Waals surface area contributed by atoms with Gasteiger partial charge in [-0.25, -0.2) is 9.59 Å². The Morgan fingerprint density at radius 2 is 1.66 bits per heavy atom. The van der Waals surface area contributed by atoms with E-state index in [1.54, 1.807) is 0 Å². The average Bonchev–Trinajstić information content (AvgIpc) is 3.37. The number of ether oxygens (including phenoxy) is 1. The molecule has 2 aromatic carbocycles. The normalized spacial score (nSPS) is 22.1. The number of aliphatic carboxylic acids is 1. The molecule has 0 radical (unpaired) electrons. The molecule has 0 spiro atoms. The predicted molar refractivity (Wildman–Crippen MR) is 128 cm³/mol. The molecule has 5 rings (SSSR count). The van der Waals surface area contributed by atoms with Crippen molar-refractivity contribution in [2.75, 3.05) is 19.7 Å². The molecule has 3 N–H and O–H groups in total. The van der Waals surface area contributed by atoms with E-state index in [1.807, 2.05) is 24.3 Å². The van der Waals surface area contributed by atoms with Crippen molar-refractivity contribution in [3.63, 3.8) is 0 Å². The highest BCUT2D eigenvalue weighted by Crippen LogP contribution is 2.44. The fourth-order valence-corrected chi connectivity index (χ4v) is 5.65. The molecule has 3 atom stereocenters. The second-order valence-electron chi connectivity index (χ2n) is 9.74. The summed E-state index contributed by atoms with van der Waals surface area (Å²) in [4.78, 5) is 38.7. The highest BCUT2D eigenvalue weighted by molar-refractivity contribution is 5.86. The van der Waals surface area contributed by atoms with E-state index in [9.17, 15) is 24.6 Å². The maximum atomic E-state index is 13.3. The monoisotopic (exact) mass is 478 g/mol. The summed E-state index contributed by atoms with van der Waals surface area (Å²) in [5, 5.41) is 22.2. The number of β-amino-alcohol motifs (C(OH)–C–C–N with tert-alkyl or cyclic N) is 1. The highest BCUT2D eigenvalue weighted by Gasteiger charge is 2.44. The van der Waals surface area contributed by atoms with Gasteiger partial charge in [-0.05, 0) is 41.0 Å². The summed E-state index contributed by atoms with van der Waals surface area (Å²) in [6, 6.07) is 15.2. The number of alkyl carbamates (subject to hydrolysis) is 1. The fourth-order valence-electron chi connectivity index (χ4n) is 5.65. The van der Waals surface area contributed by atoms with Gasteiger partial charge < -0.3 is 25.2 Å². The van der Waals surface area contributed by atoms with Gasteiger partial charge in [0.1, 0.15) is 12.6 Å². The van der Waals surface area contributed by atoms with Gasteiger partial charge in [-0.15, -0.1) is 0 Å². The number of carbonyl (C=O) groups excluding carboxylic acids is 2. The lowest BCUT2D eigenvalue weighted by Crippen LogP contribution is -2.49. The van der Waals surface area contributed by atoms with Crippen LogP contribution in [0.4, 0.5) is 4.79 Å². The van der Waals surface area contributed by atoms with E-state index in [0.717, 1.165) is 41.5 Å². The number of carbonyl (C=O) groups is 3. The smallest absolute Gasteiger partial charge is 0.407 e. The van der Waals surface area contributed by atoms with E-state index >= 15 is 0 Å². The van der Waals surface area contributed by atoms with Gasteiger partial charge >= 0.3 is 12.1 Å². The second-order valence-corrected chi connectivity index (χ2v) is 9.74. The maximum absolute atomic E-state index is 13.3. The van der Waals surface area contributed by atoms with Crippen LogP contribution in [-0.2, 0) is 14.3 Å². The molecule has 2 amide bonds. The van der Waals surface area contributed by atoms with Gasteiger partial charge in [-0.3, -0.25) is 4.79 Å². The minimum atomic E-state index is -1.12. The molecule has 0 bridgehead atoms. The molecule has 1 saturated carbocycles. The molecular formula is C27H30N2O6. The summed E-state index contributed by atoms with van der Waals surface area (Å²) in [7, 11) is 0. The number of carboxylic acids is 1. The number of amides is 2. The summed E-state index contributed by atoms with van der Waals surface area (Å²) >= 11 is 0. The number of fused-ring (bicyclic) bond motifs is 3. The van der Waals surface area contributed by atoms with Crippen LogP contribution in [0.5, 0.6) is 0 Å². The quantitative estimate of drug-likeness (QED) is 0.563. The van der Waals surface area contributed by atoms with Gasteiger partial charge in [0.2, 0.25) is 5.91 Å². The van der Waals surface area contributed by atoms with E-state index in [1.165, 1.54) is 4.90 Å². The molecular weight excluding hydrogens is 448 g/mol. The summed E-state index contributed by atoms with van der Waals surface area (Å²) < 4.78 is 5.59. The molecule has 8 nitrogen and oxygen atoms in total. The highest BCUT2D eigenvalue weighted by atomic mass is 16.5. The van der Waals surface area contributed by atoms with Crippen LogP contribution in [0.15, 0.2) is 48.5 Å². The molecule has 3 unspecified atom stereocenters. The van der Waals surface area contributed by atoms with Crippen molar-refractivity contribution < 1.29 is 29.3 Å². The summed E-state index contributed by atoms with van der Waals surface area (Å²) in [6.07, 6.45) is 1.30. The van der Waals surface area contributed by atoms with Crippen molar-refractivity contribution in [3.8, 4) is 11.1 Å². The molecule has 0 aromatic heterocycles. The third-order valence-corrected chi connectivity index (χ3v) is 7.69. The lowest BCUT2D eigenvalue weighted by Gasteiger charge is -2.36. The zero-order valence-corrected chi connectivity index (χ0v) is 19.4. The Balaban J connectivity index is 1.22. The van der Waals surface area contributed by atoms with Crippen LogP contribution in [0.3, 0.4) is 0 Å². The van der Waals surface area contributed by atoms with Gasteiger partial charge in [-0.1, -0.05) is 55.0 Å². The first-order valence-electron chi connectivity index (χ1n) is 12.2. The summed E-state index contributed by atoms with van der Waals surface area (Å²) in [5.41, 5.74) is 4.54. The maximum Gasteiger partial charge on any atom is 0.407 e. The first-order chi connectivity index (χ1) is 16.9. The van der Waals surface area contributed by atoms with Crippen LogP contribution >= 0.6 is 0 Å². The number of carboxylic acid groups (broad SMARTS) is 1. The number of nitrogens with zero attached hydrogens (tertiary/aromatic N) is 1. The van der Waals surface area contributed by atoms with Crippen molar-refractivity contribution in [2.24, 2.45) is 11.8 Å². The minimum Gasteiger partial charge on any atom is -0.480 e. The van der Waals surface area contributed by atoms with E-state index in [4.69, 9.17) is 4.74 Å². The first-order valence-corrected chi connectivity index (χ1v) is 12.2. The van der Waals surface area contributed by atoms with Gasteiger partial charge in [0.05, 0.1) is 12.0 Å². The number of rotatable bonds is 7. The van der Waals surface area contributed by atoms with Crippen LogP contribution < -0.4 is 5.32 Å². The molecule has 3 aliphatic rings. The molecule has 35 heavy (non-hydrogen) atoms. The lowest BCUT2D eigenvalue weighted by atomic mass is 9.75. The van der Waals surface area contributed by atoms with Crippen molar-refractivity contribution in [3.05, 3.63) is 59.7 Å². The van der Waals surface area contributed by atoms with E-state index in [2.05, 4.69) is 29.6 Å². The molecule has 2 aromatic rings. The fraction of sp³-hybridized carbons (Fsp3) is 0.444. The van der Waals surface area contributed by atoms with Gasteiger partial charge in [-0.2, -0.15) is 0 Å². The molecule has 8 heteroatoms.